The summed E-state index contributed by atoms with van der Waals surface area (Å²) in [5, 5.41) is 0. The van der Waals surface area contributed by atoms with Crippen molar-refractivity contribution in [1.82, 2.24) is 0 Å². The maximum atomic E-state index is 11.5. The topological polar surface area (TPSA) is 33.4 Å². The van der Waals surface area contributed by atoms with Crippen LogP contribution in [-0.4, -0.2) is 27.2 Å². The molecule has 2 aromatic rings. The Labute approximate surface area is 119 Å². The number of anilines is 1. The predicted molar refractivity (Wildman–Crippen MR) is 77.8 cm³/mol. The van der Waals surface area contributed by atoms with Crippen LogP contribution < -0.4 is 9.47 Å². The Morgan fingerprint density at radius 3 is 2.50 bits per heavy atom. The van der Waals surface area contributed by atoms with Gasteiger partial charge in [-0.3, -0.25) is 0 Å². The molecule has 0 unspecified atom stereocenters. The molecule has 1 aromatic heterocycles. The van der Waals surface area contributed by atoms with Crippen molar-refractivity contribution >= 4 is 11.7 Å². The summed E-state index contributed by atoms with van der Waals surface area (Å²) < 4.78 is 6.81. The van der Waals surface area contributed by atoms with Crippen LogP contribution in [0.15, 0.2) is 48.8 Å². The zero-order chi connectivity index (χ0) is 14.5. The maximum absolute atomic E-state index is 11.5. The molecule has 0 spiro atoms. The number of nitrogens with zero attached hydrogens (tertiary/aromatic N) is 2. The van der Waals surface area contributed by atoms with Crippen LogP contribution in [0.2, 0.25) is 0 Å². The molecule has 1 aromatic carbocycles. The van der Waals surface area contributed by atoms with E-state index in [1.54, 1.807) is 6.07 Å². The summed E-state index contributed by atoms with van der Waals surface area (Å²) in [7, 11) is 5.42. The van der Waals surface area contributed by atoms with Gasteiger partial charge in [-0.15, -0.1) is 0 Å². The van der Waals surface area contributed by atoms with Crippen molar-refractivity contribution in [3.8, 4) is 0 Å². The SMILES string of the molecule is COC(=O)c1cccc(C[n+]2ccc(N(C)C)cc2)c1. The fourth-order valence-corrected chi connectivity index (χ4v) is 1.98. The van der Waals surface area contributed by atoms with Crippen LogP contribution in [0.4, 0.5) is 5.69 Å². The second-order valence-electron chi connectivity index (χ2n) is 4.82. The number of carbonyl (C=O) groups excluding carboxylic acids is 1. The Morgan fingerprint density at radius 2 is 1.90 bits per heavy atom. The van der Waals surface area contributed by atoms with Gasteiger partial charge in [-0.05, 0) is 12.1 Å². The van der Waals surface area contributed by atoms with Crippen LogP contribution in [0.1, 0.15) is 15.9 Å². The molecule has 4 nitrogen and oxygen atoms in total. The summed E-state index contributed by atoms with van der Waals surface area (Å²) in [6.45, 7) is 0.721. The standard InChI is InChI=1S/C16H19N2O2/c1-17(2)15-7-9-18(10-8-15)12-13-5-4-6-14(11-13)16(19)20-3/h4-11H,12H2,1-3H3/q+1. The van der Waals surface area contributed by atoms with Gasteiger partial charge in [0, 0.05) is 37.5 Å². The fourth-order valence-electron chi connectivity index (χ4n) is 1.98. The van der Waals surface area contributed by atoms with Crippen LogP contribution in [-0.2, 0) is 11.3 Å². The molecule has 0 N–H and O–H groups in total. The highest BCUT2D eigenvalue weighted by molar-refractivity contribution is 5.89. The summed E-state index contributed by atoms with van der Waals surface area (Å²) >= 11 is 0. The molecule has 2 rings (SSSR count). The zero-order valence-corrected chi connectivity index (χ0v) is 12.0. The molecule has 104 valence electrons. The van der Waals surface area contributed by atoms with Gasteiger partial charge in [-0.2, -0.15) is 0 Å². The van der Waals surface area contributed by atoms with Gasteiger partial charge in [-0.1, -0.05) is 12.1 Å². The Balaban J connectivity index is 2.15. The van der Waals surface area contributed by atoms with E-state index in [-0.39, 0.29) is 5.97 Å². The van der Waals surface area contributed by atoms with Gasteiger partial charge >= 0.3 is 5.97 Å². The van der Waals surface area contributed by atoms with Crippen LogP contribution in [0.5, 0.6) is 0 Å². The van der Waals surface area contributed by atoms with Crippen molar-refractivity contribution < 1.29 is 14.1 Å². The number of aromatic nitrogens is 1. The number of hydrogen-bond acceptors (Lipinski definition) is 3. The summed E-state index contributed by atoms with van der Waals surface area (Å²) in [6, 6.07) is 11.6. The van der Waals surface area contributed by atoms with Crippen LogP contribution in [0.3, 0.4) is 0 Å². The van der Waals surface area contributed by atoms with Gasteiger partial charge in [0.05, 0.1) is 12.7 Å². The molecular weight excluding hydrogens is 252 g/mol. The molecule has 0 aliphatic heterocycles. The molecule has 0 amide bonds. The van der Waals surface area contributed by atoms with Crippen molar-refractivity contribution in [1.29, 1.82) is 0 Å². The number of rotatable bonds is 4. The van der Waals surface area contributed by atoms with E-state index in [2.05, 4.69) is 21.6 Å². The number of pyridine rings is 1. The van der Waals surface area contributed by atoms with Gasteiger partial charge in [0.15, 0.2) is 18.9 Å². The number of hydrogen-bond donors (Lipinski definition) is 0. The van der Waals surface area contributed by atoms with Gasteiger partial charge in [0.1, 0.15) is 0 Å². The lowest BCUT2D eigenvalue weighted by Gasteiger charge is -2.10. The molecule has 1 heterocycles. The van der Waals surface area contributed by atoms with E-state index in [1.807, 2.05) is 44.7 Å². The number of benzene rings is 1. The molecule has 0 fully saturated rings. The maximum Gasteiger partial charge on any atom is 0.337 e. The number of carbonyl (C=O) groups is 1. The monoisotopic (exact) mass is 271 g/mol. The first-order chi connectivity index (χ1) is 9.60. The average molecular weight is 271 g/mol. The number of ether oxygens (including phenoxy) is 1. The summed E-state index contributed by atoms with van der Waals surface area (Å²) in [5.41, 5.74) is 2.80. The molecule has 4 heteroatoms. The van der Waals surface area contributed by atoms with Crippen molar-refractivity contribution in [3.63, 3.8) is 0 Å². The molecule has 0 bridgehead atoms. The smallest absolute Gasteiger partial charge is 0.337 e. The Hall–Kier alpha value is -2.36. The first-order valence-corrected chi connectivity index (χ1v) is 6.44. The molecular formula is C16H19N2O2+. The second kappa shape index (κ2) is 6.19. The van der Waals surface area contributed by atoms with Crippen molar-refractivity contribution in [2.45, 2.75) is 6.54 Å². The van der Waals surface area contributed by atoms with E-state index in [1.165, 1.54) is 7.11 Å². The van der Waals surface area contributed by atoms with E-state index < -0.39 is 0 Å². The predicted octanol–water partition coefficient (Wildman–Crippen LogP) is 1.88. The van der Waals surface area contributed by atoms with Gasteiger partial charge in [-0.25, -0.2) is 9.36 Å². The van der Waals surface area contributed by atoms with E-state index in [0.29, 0.717) is 5.56 Å². The van der Waals surface area contributed by atoms with Crippen molar-refractivity contribution in [2.24, 2.45) is 0 Å². The van der Waals surface area contributed by atoms with E-state index in [0.717, 1.165) is 17.8 Å². The first kappa shape index (κ1) is 14.1. The van der Waals surface area contributed by atoms with E-state index in [4.69, 9.17) is 4.74 Å². The first-order valence-electron chi connectivity index (χ1n) is 6.44. The van der Waals surface area contributed by atoms with Crippen LogP contribution >= 0.6 is 0 Å². The third kappa shape index (κ3) is 3.35. The largest absolute Gasteiger partial charge is 0.465 e. The van der Waals surface area contributed by atoms with E-state index in [9.17, 15) is 4.79 Å². The highest BCUT2D eigenvalue weighted by atomic mass is 16.5. The number of methoxy groups -OCH3 is 1. The lowest BCUT2D eigenvalue weighted by atomic mass is 10.1. The number of esters is 1. The van der Waals surface area contributed by atoms with Gasteiger partial charge < -0.3 is 9.64 Å². The Morgan fingerprint density at radius 1 is 1.20 bits per heavy atom. The molecule has 20 heavy (non-hydrogen) atoms. The lowest BCUT2D eigenvalue weighted by Crippen LogP contribution is -2.33. The normalized spacial score (nSPS) is 10.2. The minimum Gasteiger partial charge on any atom is -0.465 e. The highest BCUT2D eigenvalue weighted by Crippen LogP contribution is 2.08. The molecule has 0 atom stereocenters. The minimum absolute atomic E-state index is 0.306. The summed E-state index contributed by atoms with van der Waals surface area (Å²) in [4.78, 5) is 13.6. The quantitative estimate of drug-likeness (QED) is 0.629. The third-order valence-corrected chi connectivity index (χ3v) is 3.10. The Bertz CT molecular complexity index is 592. The van der Waals surface area contributed by atoms with Gasteiger partial charge in [0.2, 0.25) is 0 Å². The van der Waals surface area contributed by atoms with Gasteiger partial charge in [0.25, 0.3) is 0 Å². The molecule has 0 aliphatic rings. The summed E-state index contributed by atoms with van der Waals surface area (Å²) in [6.07, 6.45) is 4.06. The molecule has 0 radical (unpaired) electrons. The van der Waals surface area contributed by atoms with Crippen molar-refractivity contribution in [2.75, 3.05) is 26.1 Å². The summed E-state index contributed by atoms with van der Waals surface area (Å²) in [5.74, 6) is -0.306. The van der Waals surface area contributed by atoms with Crippen LogP contribution in [0.25, 0.3) is 0 Å². The van der Waals surface area contributed by atoms with E-state index >= 15 is 0 Å². The molecule has 0 aliphatic carbocycles. The van der Waals surface area contributed by atoms with Crippen molar-refractivity contribution in [3.05, 3.63) is 59.9 Å². The van der Waals surface area contributed by atoms with Crippen LogP contribution in [0, 0.1) is 0 Å². The minimum atomic E-state index is -0.306. The second-order valence-corrected chi connectivity index (χ2v) is 4.82. The zero-order valence-electron chi connectivity index (χ0n) is 12.0. The Kier molecular flexibility index (Phi) is 4.35. The third-order valence-electron chi connectivity index (χ3n) is 3.10. The highest BCUT2D eigenvalue weighted by Gasteiger charge is 2.08. The average Bonchev–Trinajstić information content (AvgIpc) is 2.47. The fraction of sp³-hybridized carbons (Fsp3) is 0.250. The molecule has 0 saturated heterocycles. The molecule has 0 saturated carbocycles. The lowest BCUT2D eigenvalue weighted by molar-refractivity contribution is -0.688.